The summed E-state index contributed by atoms with van der Waals surface area (Å²) in [5, 5.41) is 0. The summed E-state index contributed by atoms with van der Waals surface area (Å²) in [5.74, 6) is 1.65. The van der Waals surface area contributed by atoms with Crippen molar-refractivity contribution in [2.24, 2.45) is 0 Å². The Kier molecular flexibility index (Phi) is 6.86. The van der Waals surface area contributed by atoms with Gasteiger partial charge in [-0.3, -0.25) is 0 Å². The van der Waals surface area contributed by atoms with Crippen molar-refractivity contribution in [3.05, 3.63) is 17.1 Å². The number of ether oxygens (including phenoxy) is 2. The summed E-state index contributed by atoms with van der Waals surface area (Å²) < 4.78 is 35.3. The van der Waals surface area contributed by atoms with Crippen molar-refractivity contribution in [3.63, 3.8) is 0 Å². The SMILES string of the molecule is COCCc1nc2c3c(nc(N)c2[nH]1)CCCC3CCOCCNS(C)(=O)=O. The van der Waals surface area contributed by atoms with Crippen LogP contribution in [0.15, 0.2) is 0 Å². The summed E-state index contributed by atoms with van der Waals surface area (Å²) in [7, 11) is -1.51. The van der Waals surface area contributed by atoms with Crippen molar-refractivity contribution < 1.29 is 17.9 Å². The number of nitrogens with two attached hydrogens (primary N) is 1. The molecule has 2 aromatic heterocycles. The van der Waals surface area contributed by atoms with E-state index in [-0.39, 0.29) is 6.54 Å². The summed E-state index contributed by atoms with van der Waals surface area (Å²) >= 11 is 0. The number of aromatic amines is 1. The number of hydrogen-bond acceptors (Lipinski definition) is 7. The number of H-pyrrole nitrogens is 1. The van der Waals surface area contributed by atoms with Crippen molar-refractivity contribution in [2.75, 3.05) is 45.5 Å². The van der Waals surface area contributed by atoms with Crippen LogP contribution in [0, 0.1) is 0 Å². The predicted octanol–water partition coefficient (Wildman–Crippen LogP) is 1.10. The normalized spacial score (nSPS) is 17.1. The minimum atomic E-state index is -3.18. The van der Waals surface area contributed by atoms with E-state index in [9.17, 15) is 8.42 Å². The molecule has 0 saturated carbocycles. The second-order valence-corrected chi connectivity index (χ2v) is 9.00. The van der Waals surface area contributed by atoms with E-state index in [4.69, 9.17) is 20.2 Å². The van der Waals surface area contributed by atoms with Gasteiger partial charge in [0.25, 0.3) is 0 Å². The number of aromatic nitrogens is 3. The van der Waals surface area contributed by atoms with Crippen molar-refractivity contribution in [1.29, 1.82) is 0 Å². The van der Waals surface area contributed by atoms with E-state index in [1.54, 1.807) is 7.11 Å². The highest BCUT2D eigenvalue weighted by molar-refractivity contribution is 7.88. The Labute approximate surface area is 165 Å². The van der Waals surface area contributed by atoms with Crippen LogP contribution in [0.3, 0.4) is 0 Å². The molecule has 0 fully saturated rings. The topological polar surface area (TPSA) is 132 Å². The highest BCUT2D eigenvalue weighted by Crippen LogP contribution is 2.38. The van der Waals surface area contributed by atoms with E-state index in [0.717, 1.165) is 54.5 Å². The standard InChI is InChI=1S/C18H29N5O4S/c1-26-9-7-14-22-16-15-12(6-10-27-11-8-20-28(2,24)25)4-3-5-13(15)21-18(19)17(16)23-14/h12,20H,3-11H2,1-2H3,(H2,19,21)(H,22,23). The number of nitrogen functional groups attached to an aromatic ring is 1. The minimum absolute atomic E-state index is 0.282. The lowest BCUT2D eigenvalue weighted by Crippen LogP contribution is -2.26. The molecule has 1 aliphatic rings. The molecule has 2 aromatic rings. The molecule has 0 aliphatic heterocycles. The van der Waals surface area contributed by atoms with Crippen LogP contribution < -0.4 is 10.5 Å². The lowest BCUT2D eigenvalue weighted by Gasteiger charge is -2.25. The fourth-order valence-corrected chi connectivity index (χ4v) is 4.17. The number of hydrogen-bond donors (Lipinski definition) is 3. The molecular formula is C18H29N5O4S. The highest BCUT2D eigenvalue weighted by Gasteiger charge is 2.26. The maximum Gasteiger partial charge on any atom is 0.208 e. The van der Waals surface area contributed by atoms with Crippen LogP contribution in [0.4, 0.5) is 5.82 Å². The molecule has 0 saturated heterocycles. The summed E-state index contributed by atoms with van der Waals surface area (Å²) in [6.07, 6.45) is 5.70. The molecule has 0 bridgehead atoms. The van der Waals surface area contributed by atoms with Crippen molar-refractivity contribution in [2.45, 2.75) is 38.0 Å². The fraction of sp³-hybridized carbons (Fsp3) is 0.667. The van der Waals surface area contributed by atoms with Gasteiger partial charge in [0.15, 0.2) is 0 Å². The summed E-state index contributed by atoms with van der Waals surface area (Å²) in [5.41, 5.74) is 10.1. The first kappa shape index (κ1) is 21.0. The fourth-order valence-electron chi connectivity index (χ4n) is 3.71. The Balaban J connectivity index is 1.70. The molecule has 0 amide bonds. The van der Waals surface area contributed by atoms with E-state index >= 15 is 0 Å². The van der Waals surface area contributed by atoms with Crippen molar-refractivity contribution >= 4 is 26.9 Å². The van der Waals surface area contributed by atoms with Gasteiger partial charge in [-0.1, -0.05) is 0 Å². The van der Waals surface area contributed by atoms with Gasteiger partial charge in [0.1, 0.15) is 17.2 Å². The van der Waals surface area contributed by atoms with E-state index in [2.05, 4.69) is 14.7 Å². The number of nitrogens with one attached hydrogen (secondary N) is 2. The Hall–Kier alpha value is -1.75. The van der Waals surface area contributed by atoms with Crippen LogP contribution in [-0.4, -0.2) is 63.1 Å². The second kappa shape index (κ2) is 9.17. The maximum absolute atomic E-state index is 11.1. The van der Waals surface area contributed by atoms with Gasteiger partial charge in [0.2, 0.25) is 10.0 Å². The monoisotopic (exact) mass is 411 g/mol. The lowest BCUT2D eigenvalue weighted by atomic mass is 9.83. The zero-order valence-electron chi connectivity index (χ0n) is 16.5. The number of imidazole rings is 1. The van der Waals surface area contributed by atoms with Crippen LogP contribution in [0.2, 0.25) is 0 Å². The minimum Gasteiger partial charge on any atom is -0.384 e. The molecule has 1 atom stereocenters. The Bertz CT molecular complexity index is 912. The molecule has 0 aromatic carbocycles. The summed E-state index contributed by atoms with van der Waals surface area (Å²) in [6, 6.07) is 0. The zero-order chi connectivity index (χ0) is 20.1. The third kappa shape index (κ3) is 5.19. The molecule has 1 aliphatic carbocycles. The molecular weight excluding hydrogens is 382 g/mol. The second-order valence-electron chi connectivity index (χ2n) is 7.16. The van der Waals surface area contributed by atoms with Crippen LogP contribution >= 0.6 is 0 Å². The number of pyridine rings is 1. The third-order valence-electron chi connectivity index (χ3n) is 4.97. The first-order chi connectivity index (χ1) is 13.4. The molecule has 156 valence electrons. The molecule has 9 nitrogen and oxygen atoms in total. The van der Waals surface area contributed by atoms with Crippen LogP contribution in [-0.2, 0) is 32.3 Å². The van der Waals surface area contributed by atoms with Gasteiger partial charge in [-0.05, 0) is 31.6 Å². The number of anilines is 1. The van der Waals surface area contributed by atoms with Crippen molar-refractivity contribution in [3.8, 4) is 0 Å². The average Bonchev–Trinajstić information content (AvgIpc) is 3.06. The zero-order valence-corrected chi connectivity index (χ0v) is 17.3. The molecule has 2 heterocycles. The summed E-state index contributed by atoms with van der Waals surface area (Å²) in [4.78, 5) is 12.7. The van der Waals surface area contributed by atoms with Gasteiger partial charge in [-0.25, -0.2) is 23.1 Å². The number of aryl methyl sites for hydroxylation is 1. The molecule has 1 unspecified atom stereocenters. The molecule has 3 rings (SSSR count). The Morgan fingerprint density at radius 2 is 2.11 bits per heavy atom. The largest absolute Gasteiger partial charge is 0.384 e. The number of methoxy groups -OCH3 is 1. The van der Waals surface area contributed by atoms with E-state index in [1.165, 1.54) is 5.56 Å². The lowest BCUT2D eigenvalue weighted by molar-refractivity contribution is 0.130. The summed E-state index contributed by atoms with van der Waals surface area (Å²) in [6.45, 7) is 1.78. The number of fused-ring (bicyclic) bond motifs is 3. The molecule has 28 heavy (non-hydrogen) atoms. The van der Waals surface area contributed by atoms with Gasteiger partial charge >= 0.3 is 0 Å². The van der Waals surface area contributed by atoms with Crippen LogP contribution in [0.25, 0.3) is 11.0 Å². The molecule has 10 heteroatoms. The number of rotatable bonds is 10. The first-order valence-electron chi connectivity index (χ1n) is 9.57. The molecule has 0 radical (unpaired) electrons. The van der Waals surface area contributed by atoms with Gasteiger partial charge in [0.05, 0.1) is 25.0 Å². The smallest absolute Gasteiger partial charge is 0.208 e. The first-order valence-corrected chi connectivity index (χ1v) is 11.5. The number of sulfonamides is 1. The Morgan fingerprint density at radius 1 is 1.29 bits per heavy atom. The van der Waals surface area contributed by atoms with Gasteiger partial charge in [0, 0.05) is 37.9 Å². The number of nitrogens with zero attached hydrogens (tertiary/aromatic N) is 2. The Morgan fingerprint density at radius 3 is 2.86 bits per heavy atom. The predicted molar refractivity (Wildman–Crippen MR) is 108 cm³/mol. The van der Waals surface area contributed by atoms with Gasteiger partial charge in [-0.15, -0.1) is 0 Å². The third-order valence-corrected chi connectivity index (χ3v) is 5.70. The average molecular weight is 412 g/mol. The van der Waals surface area contributed by atoms with Gasteiger partial charge in [-0.2, -0.15) is 0 Å². The van der Waals surface area contributed by atoms with E-state index in [0.29, 0.717) is 38.0 Å². The van der Waals surface area contributed by atoms with Crippen LogP contribution in [0.5, 0.6) is 0 Å². The highest BCUT2D eigenvalue weighted by atomic mass is 32.2. The quantitative estimate of drug-likeness (QED) is 0.499. The maximum atomic E-state index is 11.1. The van der Waals surface area contributed by atoms with E-state index < -0.39 is 10.0 Å². The van der Waals surface area contributed by atoms with E-state index in [1.807, 2.05) is 0 Å². The van der Waals surface area contributed by atoms with Gasteiger partial charge < -0.3 is 20.2 Å². The van der Waals surface area contributed by atoms with Crippen LogP contribution in [0.1, 0.15) is 42.3 Å². The molecule has 4 N–H and O–H groups in total. The van der Waals surface area contributed by atoms with Crippen molar-refractivity contribution in [1.82, 2.24) is 19.7 Å². The molecule has 0 spiro atoms.